The minimum atomic E-state index is -0.909. The maximum atomic E-state index is 14.7. The largest absolute Gasteiger partial charge is 0.390 e. The van der Waals surface area contributed by atoms with Gasteiger partial charge in [0, 0.05) is 18.2 Å². The van der Waals surface area contributed by atoms with Crippen LogP contribution in [-0.2, 0) is 6.54 Å². The molecule has 170 valence electrons. The van der Waals surface area contributed by atoms with Crippen LogP contribution in [0.15, 0.2) is 48.8 Å². The summed E-state index contributed by atoms with van der Waals surface area (Å²) in [5.41, 5.74) is 0.716. The van der Waals surface area contributed by atoms with Crippen LogP contribution in [0.3, 0.4) is 0 Å². The second kappa shape index (κ2) is 8.04. The van der Waals surface area contributed by atoms with Crippen LogP contribution in [-0.4, -0.2) is 40.2 Å². The van der Waals surface area contributed by atoms with E-state index in [-0.39, 0.29) is 11.7 Å². The monoisotopic (exact) mass is 451 g/mol. The quantitative estimate of drug-likeness (QED) is 0.489. The molecule has 3 heterocycles. The van der Waals surface area contributed by atoms with E-state index in [0.717, 1.165) is 5.56 Å². The third-order valence-corrected chi connectivity index (χ3v) is 5.94. The lowest BCUT2D eigenvalue weighted by molar-refractivity contribution is 0.0384. The zero-order valence-corrected chi connectivity index (χ0v) is 18.2. The highest BCUT2D eigenvalue weighted by Crippen LogP contribution is 2.37. The van der Waals surface area contributed by atoms with Gasteiger partial charge in [0.25, 0.3) is 0 Å². The molecule has 0 radical (unpaired) electrons. The van der Waals surface area contributed by atoms with Crippen molar-refractivity contribution >= 4 is 11.6 Å². The number of hydrogen-bond acceptors (Lipinski definition) is 6. The van der Waals surface area contributed by atoms with Gasteiger partial charge in [-0.1, -0.05) is 12.1 Å². The molecule has 4 aromatic rings. The number of nitrogens with zero attached hydrogens (tertiary/aromatic N) is 6. The number of anilines is 2. The van der Waals surface area contributed by atoms with Gasteiger partial charge in [-0.05, 0) is 62.6 Å². The number of hydrogen-bond donors (Lipinski definition) is 2. The maximum absolute atomic E-state index is 14.7. The van der Waals surface area contributed by atoms with Crippen molar-refractivity contribution in [2.24, 2.45) is 0 Å². The van der Waals surface area contributed by atoms with Gasteiger partial charge < -0.3 is 10.4 Å². The molecule has 2 N–H and O–H groups in total. The molecule has 8 nitrogen and oxygen atoms in total. The van der Waals surface area contributed by atoms with E-state index in [9.17, 15) is 13.9 Å². The van der Waals surface area contributed by atoms with Gasteiger partial charge in [-0.3, -0.25) is 0 Å². The smallest absolute Gasteiger partial charge is 0.246 e. The SMILES string of the molecule is Cc1ncnn1-c1ccc(Nc2nc3n(n2)CC[C@@](C)(O)C[C@@H]3c2ccc(F)cc2)cc1F. The maximum Gasteiger partial charge on any atom is 0.246 e. The molecule has 2 atom stereocenters. The van der Waals surface area contributed by atoms with E-state index in [0.29, 0.717) is 48.4 Å². The Balaban J connectivity index is 1.45. The molecule has 0 saturated heterocycles. The number of aromatic nitrogens is 6. The summed E-state index contributed by atoms with van der Waals surface area (Å²) in [6, 6.07) is 10.9. The number of rotatable bonds is 4. The van der Waals surface area contributed by atoms with E-state index in [1.807, 2.05) is 0 Å². The van der Waals surface area contributed by atoms with Crippen LogP contribution in [0.1, 0.15) is 42.9 Å². The average molecular weight is 451 g/mol. The molecular formula is C23H23F2N7O. The summed E-state index contributed by atoms with van der Waals surface area (Å²) < 4.78 is 31.4. The Morgan fingerprint density at radius 1 is 1.15 bits per heavy atom. The highest BCUT2D eigenvalue weighted by atomic mass is 19.1. The Labute approximate surface area is 188 Å². The second-order valence-electron chi connectivity index (χ2n) is 8.58. The Bertz CT molecular complexity index is 1300. The van der Waals surface area contributed by atoms with Crippen molar-refractivity contribution in [2.75, 3.05) is 5.32 Å². The molecule has 0 unspecified atom stereocenters. The fourth-order valence-electron chi connectivity index (χ4n) is 4.19. The van der Waals surface area contributed by atoms with Crippen molar-refractivity contribution < 1.29 is 13.9 Å². The molecule has 2 aromatic carbocycles. The molecule has 0 fully saturated rings. The van der Waals surface area contributed by atoms with E-state index >= 15 is 0 Å². The van der Waals surface area contributed by atoms with Crippen molar-refractivity contribution in [1.29, 1.82) is 0 Å². The first-order valence-electron chi connectivity index (χ1n) is 10.7. The van der Waals surface area contributed by atoms with Crippen LogP contribution in [0.25, 0.3) is 5.69 Å². The van der Waals surface area contributed by atoms with Crippen molar-refractivity contribution in [3.8, 4) is 5.69 Å². The third-order valence-electron chi connectivity index (χ3n) is 5.94. The molecule has 0 aliphatic carbocycles. The van der Waals surface area contributed by atoms with Crippen molar-refractivity contribution in [3.05, 3.63) is 77.6 Å². The molecular weight excluding hydrogens is 428 g/mol. The standard InChI is InChI=1S/C23H23F2N7O/c1-14-26-13-27-32(14)20-8-7-17(11-19(20)25)28-22-29-21-18(15-3-5-16(24)6-4-15)12-23(2,33)9-10-31(21)30-22/h3-8,11,13,18,33H,9-10,12H2,1-2H3,(H,28,30)/t18-,23-/m1/s1. The molecule has 0 amide bonds. The zero-order chi connectivity index (χ0) is 23.2. The van der Waals surface area contributed by atoms with E-state index in [1.165, 1.54) is 29.2 Å². The van der Waals surface area contributed by atoms with E-state index < -0.39 is 11.4 Å². The molecule has 33 heavy (non-hydrogen) atoms. The first kappa shape index (κ1) is 21.2. The average Bonchev–Trinajstić information content (AvgIpc) is 3.34. The van der Waals surface area contributed by atoms with Gasteiger partial charge in [0.1, 0.15) is 29.5 Å². The molecule has 1 aliphatic rings. The number of benzene rings is 2. The van der Waals surface area contributed by atoms with Crippen LogP contribution in [0, 0.1) is 18.6 Å². The lowest BCUT2D eigenvalue weighted by Gasteiger charge is -2.24. The summed E-state index contributed by atoms with van der Waals surface area (Å²) in [6.45, 7) is 4.01. The minimum Gasteiger partial charge on any atom is -0.390 e. The number of halogens is 2. The van der Waals surface area contributed by atoms with Crippen LogP contribution in [0.2, 0.25) is 0 Å². The van der Waals surface area contributed by atoms with E-state index in [4.69, 9.17) is 0 Å². The molecule has 10 heteroatoms. The number of fused-ring (bicyclic) bond motifs is 1. The van der Waals surface area contributed by atoms with E-state index in [1.54, 1.807) is 42.8 Å². The van der Waals surface area contributed by atoms with Gasteiger partial charge in [0.15, 0.2) is 5.82 Å². The first-order chi connectivity index (χ1) is 15.8. The van der Waals surface area contributed by atoms with Crippen LogP contribution in [0.4, 0.5) is 20.4 Å². The Morgan fingerprint density at radius 2 is 1.94 bits per heavy atom. The predicted octanol–water partition coefficient (Wildman–Crippen LogP) is 3.87. The van der Waals surface area contributed by atoms with Gasteiger partial charge in [-0.25, -0.2) is 23.1 Å². The van der Waals surface area contributed by atoms with Crippen LogP contribution >= 0.6 is 0 Å². The highest BCUT2D eigenvalue weighted by molar-refractivity contribution is 5.56. The summed E-state index contributed by atoms with van der Waals surface area (Å²) in [6.07, 6.45) is 2.30. The van der Waals surface area contributed by atoms with Crippen molar-refractivity contribution in [2.45, 2.75) is 44.8 Å². The fraction of sp³-hybridized carbons (Fsp3) is 0.304. The van der Waals surface area contributed by atoms with Gasteiger partial charge in [0.2, 0.25) is 5.95 Å². The molecule has 2 aromatic heterocycles. The minimum absolute atomic E-state index is 0.263. The molecule has 0 saturated carbocycles. The van der Waals surface area contributed by atoms with Crippen molar-refractivity contribution in [3.63, 3.8) is 0 Å². The third kappa shape index (κ3) is 4.21. The number of aliphatic hydroxyl groups is 1. The summed E-state index contributed by atoms with van der Waals surface area (Å²) >= 11 is 0. The Hall–Kier alpha value is -3.66. The van der Waals surface area contributed by atoms with Crippen LogP contribution < -0.4 is 5.32 Å². The first-order valence-corrected chi connectivity index (χ1v) is 10.7. The summed E-state index contributed by atoms with van der Waals surface area (Å²) in [5.74, 6) is 0.515. The van der Waals surface area contributed by atoms with Crippen LogP contribution in [0.5, 0.6) is 0 Å². The van der Waals surface area contributed by atoms with Gasteiger partial charge in [-0.15, -0.1) is 5.10 Å². The van der Waals surface area contributed by atoms with Crippen molar-refractivity contribution in [1.82, 2.24) is 29.5 Å². The lowest BCUT2D eigenvalue weighted by atomic mass is 9.86. The topological polar surface area (TPSA) is 93.7 Å². The summed E-state index contributed by atoms with van der Waals surface area (Å²) in [4.78, 5) is 8.68. The van der Waals surface area contributed by atoms with Gasteiger partial charge in [0.05, 0.1) is 5.60 Å². The Kier molecular flexibility index (Phi) is 5.16. The summed E-state index contributed by atoms with van der Waals surface area (Å²) in [7, 11) is 0. The normalized spacial score (nSPS) is 20.3. The lowest BCUT2D eigenvalue weighted by Crippen LogP contribution is -2.26. The molecule has 0 bridgehead atoms. The molecule has 5 rings (SSSR count). The molecule has 0 spiro atoms. The molecule has 1 aliphatic heterocycles. The van der Waals surface area contributed by atoms with Gasteiger partial charge in [-0.2, -0.15) is 10.1 Å². The van der Waals surface area contributed by atoms with E-state index in [2.05, 4.69) is 25.5 Å². The fourth-order valence-corrected chi connectivity index (χ4v) is 4.19. The second-order valence-corrected chi connectivity index (χ2v) is 8.58. The number of aryl methyl sites for hydroxylation is 2. The zero-order valence-electron chi connectivity index (χ0n) is 18.2. The predicted molar refractivity (Wildman–Crippen MR) is 117 cm³/mol. The highest BCUT2D eigenvalue weighted by Gasteiger charge is 2.34. The summed E-state index contributed by atoms with van der Waals surface area (Å²) in [5, 5.41) is 22.4. The van der Waals surface area contributed by atoms with Gasteiger partial charge >= 0.3 is 0 Å². The number of nitrogens with one attached hydrogen (secondary N) is 1. The Morgan fingerprint density at radius 3 is 2.64 bits per heavy atom.